The molecule has 18 heavy (non-hydrogen) atoms. The van der Waals surface area contributed by atoms with Crippen molar-refractivity contribution >= 4 is 11.8 Å². The second-order valence-corrected chi connectivity index (χ2v) is 4.45. The van der Waals surface area contributed by atoms with Crippen LogP contribution in [-0.2, 0) is 9.59 Å². The van der Waals surface area contributed by atoms with Crippen molar-refractivity contribution in [1.82, 2.24) is 10.6 Å². The average Bonchev–Trinajstić information content (AvgIpc) is 2.34. The lowest BCUT2D eigenvalue weighted by Crippen LogP contribution is -2.40. The van der Waals surface area contributed by atoms with Crippen LogP contribution >= 0.6 is 0 Å². The van der Waals surface area contributed by atoms with E-state index in [2.05, 4.69) is 17.6 Å². The van der Waals surface area contributed by atoms with E-state index >= 15 is 0 Å². The molecule has 0 aliphatic heterocycles. The van der Waals surface area contributed by atoms with Crippen molar-refractivity contribution in [3.63, 3.8) is 0 Å². The Hall–Kier alpha value is -1.10. The lowest BCUT2D eigenvalue weighted by Gasteiger charge is -2.16. The summed E-state index contributed by atoms with van der Waals surface area (Å²) in [5.41, 5.74) is 5.60. The first-order chi connectivity index (χ1) is 8.63. The van der Waals surface area contributed by atoms with Crippen molar-refractivity contribution < 1.29 is 9.59 Å². The van der Waals surface area contributed by atoms with Gasteiger partial charge in [-0.2, -0.15) is 0 Å². The summed E-state index contributed by atoms with van der Waals surface area (Å²) >= 11 is 0. The molecule has 0 heterocycles. The normalized spacial score (nSPS) is 11.9. The third kappa shape index (κ3) is 8.98. The van der Waals surface area contributed by atoms with Crippen LogP contribution in [0.4, 0.5) is 0 Å². The number of hydrogen-bond acceptors (Lipinski definition) is 3. The fourth-order valence-corrected chi connectivity index (χ4v) is 1.69. The molecule has 5 nitrogen and oxygen atoms in total. The van der Waals surface area contributed by atoms with Gasteiger partial charge in [-0.25, -0.2) is 0 Å². The number of rotatable bonds is 10. The quantitative estimate of drug-likeness (QED) is 0.544. The predicted molar refractivity (Wildman–Crippen MR) is 73.0 cm³/mol. The zero-order chi connectivity index (χ0) is 13.8. The van der Waals surface area contributed by atoms with Crippen LogP contribution in [0.25, 0.3) is 0 Å². The summed E-state index contributed by atoms with van der Waals surface area (Å²) < 4.78 is 0. The molecule has 2 amide bonds. The molecule has 0 radical (unpaired) electrons. The summed E-state index contributed by atoms with van der Waals surface area (Å²) in [6.07, 6.45) is 4.48. The first kappa shape index (κ1) is 16.9. The Morgan fingerprint density at radius 2 is 1.78 bits per heavy atom. The first-order valence-electron chi connectivity index (χ1n) is 6.90. The van der Waals surface area contributed by atoms with Crippen LogP contribution in [0.5, 0.6) is 0 Å². The fourth-order valence-electron chi connectivity index (χ4n) is 1.69. The molecule has 0 aliphatic carbocycles. The standard InChI is InChI=1S/C13H27N3O2/c1-3-5-7-11(10-14)16-13(18)9-6-8-12(17)15-4-2/h11H,3-10,14H2,1-2H3,(H,15,17)(H,16,18). The first-order valence-corrected chi connectivity index (χ1v) is 6.90. The van der Waals surface area contributed by atoms with Gasteiger partial charge in [0.15, 0.2) is 0 Å². The lowest BCUT2D eigenvalue weighted by molar-refractivity contribution is -0.122. The second-order valence-electron chi connectivity index (χ2n) is 4.45. The summed E-state index contributed by atoms with van der Waals surface area (Å²) in [5.74, 6) is -0.00231. The average molecular weight is 257 g/mol. The number of carbonyl (C=O) groups is 2. The Bertz CT molecular complexity index is 244. The van der Waals surface area contributed by atoms with Crippen molar-refractivity contribution in [2.24, 2.45) is 5.73 Å². The van der Waals surface area contributed by atoms with Gasteiger partial charge in [-0.15, -0.1) is 0 Å². The molecule has 1 atom stereocenters. The van der Waals surface area contributed by atoms with Crippen LogP contribution in [0, 0.1) is 0 Å². The van der Waals surface area contributed by atoms with E-state index in [1.807, 2.05) is 6.92 Å². The third-order valence-corrected chi connectivity index (χ3v) is 2.74. The van der Waals surface area contributed by atoms with Gasteiger partial charge in [0, 0.05) is 32.0 Å². The molecule has 0 aromatic rings. The highest BCUT2D eigenvalue weighted by atomic mass is 16.2. The zero-order valence-electron chi connectivity index (χ0n) is 11.6. The smallest absolute Gasteiger partial charge is 0.220 e. The number of nitrogens with two attached hydrogens (primary N) is 1. The van der Waals surface area contributed by atoms with Gasteiger partial charge in [-0.3, -0.25) is 9.59 Å². The molecular formula is C13H27N3O2. The van der Waals surface area contributed by atoms with Gasteiger partial charge in [-0.05, 0) is 19.8 Å². The number of amides is 2. The lowest BCUT2D eigenvalue weighted by atomic mass is 10.1. The highest BCUT2D eigenvalue weighted by molar-refractivity contribution is 5.78. The summed E-state index contributed by atoms with van der Waals surface area (Å²) in [5, 5.41) is 5.62. The van der Waals surface area contributed by atoms with E-state index in [9.17, 15) is 9.59 Å². The highest BCUT2D eigenvalue weighted by Crippen LogP contribution is 2.01. The Labute approximate surface area is 110 Å². The van der Waals surface area contributed by atoms with E-state index in [4.69, 9.17) is 5.73 Å². The molecule has 0 saturated heterocycles. The Morgan fingerprint density at radius 1 is 1.11 bits per heavy atom. The summed E-state index contributed by atoms with van der Waals surface area (Å²) in [4.78, 5) is 22.8. The van der Waals surface area contributed by atoms with Crippen LogP contribution in [0.2, 0.25) is 0 Å². The number of unbranched alkanes of at least 4 members (excludes halogenated alkanes) is 1. The van der Waals surface area contributed by atoms with Crippen molar-refractivity contribution in [2.75, 3.05) is 13.1 Å². The molecule has 0 aromatic heterocycles. The van der Waals surface area contributed by atoms with E-state index < -0.39 is 0 Å². The molecule has 0 rings (SSSR count). The monoisotopic (exact) mass is 257 g/mol. The summed E-state index contributed by atoms with van der Waals surface area (Å²) in [6, 6.07) is 0.0712. The SMILES string of the molecule is CCCCC(CN)NC(=O)CCCC(=O)NCC. The maximum absolute atomic E-state index is 11.6. The fraction of sp³-hybridized carbons (Fsp3) is 0.846. The van der Waals surface area contributed by atoms with Gasteiger partial charge in [0.25, 0.3) is 0 Å². The molecular weight excluding hydrogens is 230 g/mol. The Kier molecular flexibility index (Phi) is 10.3. The largest absolute Gasteiger partial charge is 0.356 e. The molecule has 0 saturated carbocycles. The van der Waals surface area contributed by atoms with Crippen LogP contribution < -0.4 is 16.4 Å². The minimum atomic E-state index is -0.00847. The van der Waals surface area contributed by atoms with Crippen LogP contribution in [0.3, 0.4) is 0 Å². The maximum atomic E-state index is 11.6. The molecule has 0 aliphatic rings. The van der Waals surface area contributed by atoms with Crippen molar-refractivity contribution in [3.05, 3.63) is 0 Å². The van der Waals surface area contributed by atoms with Gasteiger partial charge in [-0.1, -0.05) is 19.8 Å². The van der Waals surface area contributed by atoms with Crippen LogP contribution in [0.1, 0.15) is 52.4 Å². The molecule has 106 valence electrons. The summed E-state index contributed by atoms with van der Waals surface area (Å²) in [7, 11) is 0. The zero-order valence-corrected chi connectivity index (χ0v) is 11.6. The van der Waals surface area contributed by atoms with E-state index in [1.54, 1.807) is 0 Å². The number of hydrogen-bond donors (Lipinski definition) is 3. The maximum Gasteiger partial charge on any atom is 0.220 e. The van der Waals surface area contributed by atoms with E-state index in [0.29, 0.717) is 32.4 Å². The van der Waals surface area contributed by atoms with E-state index in [1.165, 1.54) is 0 Å². The van der Waals surface area contributed by atoms with Gasteiger partial charge < -0.3 is 16.4 Å². The predicted octanol–water partition coefficient (Wildman–Crippen LogP) is 0.927. The molecule has 0 fully saturated rings. The van der Waals surface area contributed by atoms with Gasteiger partial charge >= 0.3 is 0 Å². The van der Waals surface area contributed by atoms with Gasteiger partial charge in [0.2, 0.25) is 11.8 Å². The minimum absolute atomic E-state index is 0.00616. The summed E-state index contributed by atoms with van der Waals surface area (Å²) in [6.45, 7) is 5.10. The number of nitrogens with one attached hydrogen (secondary N) is 2. The van der Waals surface area contributed by atoms with Crippen molar-refractivity contribution in [3.8, 4) is 0 Å². The van der Waals surface area contributed by atoms with Gasteiger partial charge in [0.1, 0.15) is 0 Å². The van der Waals surface area contributed by atoms with Crippen molar-refractivity contribution in [2.45, 2.75) is 58.4 Å². The molecule has 1 unspecified atom stereocenters. The second kappa shape index (κ2) is 11.0. The third-order valence-electron chi connectivity index (χ3n) is 2.74. The number of carbonyl (C=O) groups excluding carboxylic acids is 2. The van der Waals surface area contributed by atoms with Gasteiger partial charge in [0.05, 0.1) is 0 Å². The van der Waals surface area contributed by atoms with E-state index in [0.717, 1.165) is 19.3 Å². The molecule has 4 N–H and O–H groups in total. The van der Waals surface area contributed by atoms with E-state index in [-0.39, 0.29) is 17.9 Å². The highest BCUT2D eigenvalue weighted by Gasteiger charge is 2.10. The topological polar surface area (TPSA) is 84.2 Å². The Balaban J connectivity index is 3.71. The molecule has 5 heteroatoms. The molecule has 0 bridgehead atoms. The Morgan fingerprint density at radius 3 is 2.33 bits per heavy atom. The minimum Gasteiger partial charge on any atom is -0.356 e. The molecule has 0 aromatic carbocycles. The molecule has 0 spiro atoms. The van der Waals surface area contributed by atoms with Crippen LogP contribution in [0.15, 0.2) is 0 Å². The van der Waals surface area contributed by atoms with Crippen LogP contribution in [-0.4, -0.2) is 30.9 Å². The van der Waals surface area contributed by atoms with Crippen molar-refractivity contribution in [1.29, 1.82) is 0 Å².